The summed E-state index contributed by atoms with van der Waals surface area (Å²) in [4.78, 5) is 26.1. The molecule has 0 bridgehead atoms. The highest BCUT2D eigenvalue weighted by Gasteiger charge is 2.63. The number of hydrogen-bond donors (Lipinski definition) is 1. The Hall–Kier alpha value is -2.04. The van der Waals surface area contributed by atoms with Gasteiger partial charge in [-0.3, -0.25) is 4.79 Å². The number of fused-ring (bicyclic) bond motifs is 1. The molecule has 2 aliphatic carbocycles. The highest BCUT2D eigenvalue weighted by Crippen LogP contribution is 2.59. The molecule has 1 aromatic rings. The predicted molar refractivity (Wildman–Crippen MR) is 87.5 cm³/mol. The number of aryl methyl sites for hydroxylation is 1. The second-order valence-corrected chi connectivity index (χ2v) is 8.23. The number of piperidine rings is 1. The average Bonchev–Trinajstić information content (AvgIpc) is 2.89. The number of nitrogens with zero attached hydrogens (tertiary/aromatic N) is 1. The lowest BCUT2D eigenvalue weighted by atomic mass is 9.68. The van der Waals surface area contributed by atoms with E-state index in [9.17, 15) is 9.59 Å². The highest BCUT2D eigenvalue weighted by atomic mass is 16.6. The number of alkyl carbamates (subject to hydrolysis) is 1. The first-order valence-electron chi connectivity index (χ1n) is 8.81. The van der Waals surface area contributed by atoms with Crippen molar-refractivity contribution in [3.8, 4) is 0 Å². The first-order valence-corrected chi connectivity index (χ1v) is 8.81. The molecule has 0 aromatic heterocycles. The molecule has 2 amide bonds. The van der Waals surface area contributed by atoms with Crippen molar-refractivity contribution >= 4 is 12.0 Å². The summed E-state index contributed by atoms with van der Waals surface area (Å²) >= 11 is 0. The first kappa shape index (κ1) is 14.3. The van der Waals surface area contributed by atoms with Crippen LogP contribution in [0.3, 0.4) is 0 Å². The Morgan fingerprint density at radius 2 is 2.17 bits per heavy atom. The van der Waals surface area contributed by atoms with E-state index >= 15 is 0 Å². The number of nitrogens with one attached hydrogen (secondary N) is 1. The fourth-order valence-corrected chi connectivity index (χ4v) is 5.08. The van der Waals surface area contributed by atoms with Crippen molar-refractivity contribution in [2.24, 2.45) is 11.8 Å². The first-order chi connectivity index (χ1) is 11.5. The van der Waals surface area contributed by atoms with Crippen LogP contribution in [0.5, 0.6) is 0 Å². The minimum Gasteiger partial charge on any atom is -0.447 e. The van der Waals surface area contributed by atoms with Crippen LogP contribution in [0.25, 0.3) is 0 Å². The van der Waals surface area contributed by atoms with E-state index in [1.165, 1.54) is 17.5 Å². The Labute approximate surface area is 141 Å². The second-order valence-electron chi connectivity index (χ2n) is 8.23. The number of carbonyl (C=O) groups is 2. The smallest absolute Gasteiger partial charge is 0.407 e. The summed E-state index contributed by atoms with van der Waals surface area (Å²) in [6, 6.07) is 8.74. The summed E-state index contributed by atoms with van der Waals surface area (Å²) in [5, 5.41) is 2.87. The van der Waals surface area contributed by atoms with E-state index in [1.807, 2.05) is 0 Å². The van der Waals surface area contributed by atoms with Crippen molar-refractivity contribution in [2.45, 2.75) is 37.1 Å². The third kappa shape index (κ3) is 1.93. The summed E-state index contributed by atoms with van der Waals surface area (Å²) < 4.78 is 5.00. The van der Waals surface area contributed by atoms with E-state index in [0.717, 1.165) is 25.9 Å². The summed E-state index contributed by atoms with van der Waals surface area (Å²) in [6.45, 7) is 4.28. The van der Waals surface area contributed by atoms with E-state index in [0.29, 0.717) is 12.5 Å². The highest BCUT2D eigenvalue weighted by molar-refractivity contribution is 5.82. The molecule has 126 valence electrons. The van der Waals surface area contributed by atoms with Gasteiger partial charge in [0.25, 0.3) is 0 Å². The molecule has 2 saturated heterocycles. The van der Waals surface area contributed by atoms with Crippen LogP contribution in [0.1, 0.15) is 30.4 Å². The second kappa shape index (κ2) is 4.52. The van der Waals surface area contributed by atoms with Crippen LogP contribution >= 0.6 is 0 Å². The maximum atomic E-state index is 12.8. The van der Waals surface area contributed by atoms with Gasteiger partial charge in [0.05, 0.1) is 5.54 Å². The average molecular weight is 326 g/mol. The summed E-state index contributed by atoms with van der Waals surface area (Å²) in [7, 11) is 0. The molecule has 24 heavy (non-hydrogen) atoms. The minimum atomic E-state index is -0.346. The number of hydrogen-bond acceptors (Lipinski definition) is 3. The standard InChI is InChI=1S/C19H22N2O3/c1-12-3-2-4-14(5-12)19-8-15(19)9-21(10-19)16(22)13-6-18(7-13)11-24-17(23)20-18/h2-5,13,15H,6-11H2,1H3,(H,20,23)/t13-,15?,18+,19?. The molecule has 2 saturated carbocycles. The van der Waals surface area contributed by atoms with Gasteiger partial charge in [-0.15, -0.1) is 0 Å². The number of ether oxygens (including phenoxy) is 1. The van der Waals surface area contributed by atoms with Crippen LogP contribution in [0.15, 0.2) is 24.3 Å². The van der Waals surface area contributed by atoms with Crippen LogP contribution in [-0.4, -0.2) is 42.1 Å². The van der Waals surface area contributed by atoms with E-state index in [-0.39, 0.29) is 28.9 Å². The van der Waals surface area contributed by atoms with Crippen LogP contribution in [-0.2, 0) is 14.9 Å². The van der Waals surface area contributed by atoms with Gasteiger partial charge < -0.3 is 15.0 Å². The van der Waals surface area contributed by atoms with Gasteiger partial charge >= 0.3 is 6.09 Å². The lowest BCUT2D eigenvalue weighted by Gasteiger charge is -2.43. The molecular formula is C19H22N2O3. The minimum absolute atomic E-state index is 0.0408. The van der Waals surface area contributed by atoms with Crippen molar-refractivity contribution in [1.82, 2.24) is 10.2 Å². The van der Waals surface area contributed by atoms with Crippen LogP contribution < -0.4 is 5.32 Å². The van der Waals surface area contributed by atoms with Gasteiger partial charge in [-0.25, -0.2) is 4.79 Å². The molecule has 2 unspecified atom stereocenters. The molecule has 1 spiro atoms. The normalized spacial score (nSPS) is 39.2. The lowest BCUT2D eigenvalue weighted by Crippen LogP contribution is -2.58. The topological polar surface area (TPSA) is 58.6 Å². The van der Waals surface area contributed by atoms with Gasteiger partial charge in [0.1, 0.15) is 6.61 Å². The maximum absolute atomic E-state index is 12.8. The fourth-order valence-electron chi connectivity index (χ4n) is 5.08. The van der Waals surface area contributed by atoms with Gasteiger partial charge in [0, 0.05) is 24.4 Å². The zero-order valence-electron chi connectivity index (χ0n) is 13.9. The van der Waals surface area contributed by atoms with Crippen molar-refractivity contribution < 1.29 is 14.3 Å². The molecule has 5 rings (SSSR count). The van der Waals surface area contributed by atoms with Gasteiger partial charge in [-0.05, 0) is 37.7 Å². The third-order valence-corrected chi connectivity index (χ3v) is 6.52. The van der Waals surface area contributed by atoms with Crippen molar-refractivity contribution in [3.63, 3.8) is 0 Å². The van der Waals surface area contributed by atoms with E-state index < -0.39 is 0 Å². The van der Waals surface area contributed by atoms with Crippen molar-refractivity contribution in [1.29, 1.82) is 0 Å². The maximum Gasteiger partial charge on any atom is 0.407 e. The zero-order chi connectivity index (χ0) is 16.5. The number of likely N-dealkylation sites (tertiary alicyclic amines) is 1. The Balaban J connectivity index is 1.26. The molecule has 2 atom stereocenters. The molecule has 4 aliphatic rings. The third-order valence-electron chi connectivity index (χ3n) is 6.52. The number of cyclic esters (lactones) is 1. The van der Waals surface area contributed by atoms with E-state index in [1.54, 1.807) is 0 Å². The molecule has 2 aliphatic heterocycles. The molecule has 1 N–H and O–H groups in total. The molecule has 4 fully saturated rings. The number of rotatable bonds is 2. The van der Waals surface area contributed by atoms with Crippen LogP contribution in [0, 0.1) is 18.8 Å². The Bertz CT molecular complexity index is 740. The van der Waals surface area contributed by atoms with Crippen LogP contribution in [0.4, 0.5) is 4.79 Å². The van der Waals surface area contributed by atoms with Crippen LogP contribution in [0.2, 0.25) is 0 Å². The zero-order valence-corrected chi connectivity index (χ0v) is 13.9. The molecule has 0 radical (unpaired) electrons. The molecule has 5 nitrogen and oxygen atoms in total. The van der Waals surface area contributed by atoms with E-state index in [2.05, 4.69) is 41.4 Å². The molecule has 2 heterocycles. The van der Waals surface area contributed by atoms with Gasteiger partial charge in [0.15, 0.2) is 0 Å². The lowest BCUT2D eigenvalue weighted by molar-refractivity contribution is -0.140. The van der Waals surface area contributed by atoms with Gasteiger partial charge in [-0.1, -0.05) is 29.8 Å². The van der Waals surface area contributed by atoms with Gasteiger partial charge in [0.2, 0.25) is 5.91 Å². The Kier molecular flexibility index (Phi) is 2.70. The molecular weight excluding hydrogens is 304 g/mol. The summed E-state index contributed by atoms with van der Waals surface area (Å²) in [5.74, 6) is 0.923. The van der Waals surface area contributed by atoms with Crippen molar-refractivity contribution in [2.75, 3.05) is 19.7 Å². The largest absolute Gasteiger partial charge is 0.447 e. The molecule has 5 heteroatoms. The predicted octanol–water partition coefficient (Wildman–Crippen LogP) is 1.98. The fraction of sp³-hybridized carbons (Fsp3) is 0.579. The summed E-state index contributed by atoms with van der Waals surface area (Å²) in [5.41, 5.74) is 2.61. The SMILES string of the molecule is Cc1cccc(C23CC2CN(C(=O)[C@H]2C[C@]4(COC(=O)N4)C2)C3)c1. The quantitative estimate of drug-likeness (QED) is 0.904. The van der Waals surface area contributed by atoms with Crippen molar-refractivity contribution in [3.05, 3.63) is 35.4 Å². The summed E-state index contributed by atoms with van der Waals surface area (Å²) in [6.07, 6.45) is 2.30. The Morgan fingerprint density at radius 1 is 1.33 bits per heavy atom. The number of benzene rings is 1. The monoisotopic (exact) mass is 326 g/mol. The van der Waals surface area contributed by atoms with E-state index in [4.69, 9.17) is 4.74 Å². The Morgan fingerprint density at radius 3 is 2.88 bits per heavy atom. The molecule has 1 aromatic carbocycles. The number of carbonyl (C=O) groups excluding carboxylic acids is 2. The number of amides is 2. The van der Waals surface area contributed by atoms with Gasteiger partial charge in [-0.2, -0.15) is 0 Å².